The van der Waals surface area contributed by atoms with Crippen LogP contribution in [0.15, 0.2) is 42.0 Å². The molecule has 0 unspecified atom stereocenters. The first-order valence-electron chi connectivity index (χ1n) is 8.55. The van der Waals surface area contributed by atoms with Gasteiger partial charge in [-0.3, -0.25) is 4.79 Å². The van der Waals surface area contributed by atoms with E-state index in [1.54, 1.807) is 12.1 Å². The van der Waals surface area contributed by atoms with E-state index in [2.05, 4.69) is 5.32 Å². The molecular weight excluding hydrogens is 396 g/mol. The van der Waals surface area contributed by atoms with Gasteiger partial charge in [0, 0.05) is 5.69 Å². The average molecular weight is 415 g/mol. The molecular formula is C21H19ClN2O5. The minimum atomic E-state index is -1.07. The molecule has 2 rings (SSSR count). The van der Waals surface area contributed by atoms with Gasteiger partial charge in [-0.05, 0) is 61.9 Å². The van der Waals surface area contributed by atoms with Crippen LogP contribution in [0.1, 0.15) is 29.8 Å². The van der Waals surface area contributed by atoms with E-state index >= 15 is 0 Å². The van der Waals surface area contributed by atoms with Crippen LogP contribution in [-0.2, 0) is 4.79 Å². The van der Waals surface area contributed by atoms with Gasteiger partial charge in [-0.15, -0.1) is 0 Å². The zero-order valence-electron chi connectivity index (χ0n) is 16.0. The van der Waals surface area contributed by atoms with Crippen molar-refractivity contribution in [3.05, 3.63) is 58.1 Å². The van der Waals surface area contributed by atoms with Gasteiger partial charge in [0.25, 0.3) is 5.91 Å². The summed E-state index contributed by atoms with van der Waals surface area (Å²) in [7, 11) is 1.46. The van der Waals surface area contributed by atoms with Crippen molar-refractivity contribution in [2.75, 3.05) is 12.4 Å². The zero-order chi connectivity index (χ0) is 21.6. The van der Waals surface area contributed by atoms with Gasteiger partial charge >= 0.3 is 5.97 Å². The van der Waals surface area contributed by atoms with Crippen molar-refractivity contribution in [2.24, 2.45) is 0 Å². The molecule has 0 aliphatic rings. The molecule has 0 bridgehead atoms. The molecule has 2 aromatic rings. The summed E-state index contributed by atoms with van der Waals surface area (Å²) >= 11 is 6.27. The van der Waals surface area contributed by atoms with Crippen LogP contribution in [0.4, 0.5) is 5.69 Å². The molecule has 0 saturated carbocycles. The number of carboxylic acid groups (broad SMARTS) is 1. The van der Waals surface area contributed by atoms with Crippen molar-refractivity contribution >= 4 is 35.2 Å². The Labute approximate surface area is 173 Å². The topological polar surface area (TPSA) is 109 Å². The summed E-state index contributed by atoms with van der Waals surface area (Å²) in [4.78, 5) is 23.3. The van der Waals surface area contributed by atoms with E-state index < -0.39 is 11.9 Å². The number of ether oxygens (including phenoxy) is 2. The number of nitrogens with one attached hydrogen (secondary N) is 1. The Morgan fingerprint density at radius 2 is 1.90 bits per heavy atom. The molecule has 0 radical (unpaired) electrons. The second-order valence-electron chi connectivity index (χ2n) is 6.21. The van der Waals surface area contributed by atoms with Crippen LogP contribution < -0.4 is 14.8 Å². The molecule has 29 heavy (non-hydrogen) atoms. The number of amides is 1. The van der Waals surface area contributed by atoms with Crippen LogP contribution in [0.2, 0.25) is 5.02 Å². The van der Waals surface area contributed by atoms with Gasteiger partial charge in [0.05, 0.1) is 23.8 Å². The molecule has 0 heterocycles. The number of anilines is 1. The van der Waals surface area contributed by atoms with E-state index in [1.165, 1.54) is 37.5 Å². The van der Waals surface area contributed by atoms with Gasteiger partial charge in [0.15, 0.2) is 11.5 Å². The fourth-order valence-electron chi connectivity index (χ4n) is 2.38. The number of aromatic carboxylic acids is 1. The van der Waals surface area contributed by atoms with Crippen molar-refractivity contribution in [3.8, 4) is 17.6 Å². The Hall–Kier alpha value is -3.50. The van der Waals surface area contributed by atoms with Gasteiger partial charge < -0.3 is 19.9 Å². The number of nitrogens with zero attached hydrogens (tertiary/aromatic N) is 1. The Morgan fingerprint density at radius 3 is 2.41 bits per heavy atom. The SMILES string of the molecule is COc1cc(/C=C(\C#N)C(=O)Nc2ccc(C(=O)O)cc2)cc(Cl)c1OC(C)C. The lowest BCUT2D eigenvalue weighted by Gasteiger charge is -2.15. The maximum Gasteiger partial charge on any atom is 0.335 e. The van der Waals surface area contributed by atoms with E-state index in [0.29, 0.717) is 22.7 Å². The smallest absolute Gasteiger partial charge is 0.335 e. The standard InChI is InChI=1S/C21H19ClN2O5/c1-12(2)29-19-17(22)9-13(10-18(19)28-3)8-15(11-23)20(25)24-16-6-4-14(5-7-16)21(26)27/h4-10,12H,1-3H3,(H,24,25)(H,26,27)/b15-8+. The highest BCUT2D eigenvalue weighted by molar-refractivity contribution is 6.32. The minimum Gasteiger partial charge on any atom is -0.493 e. The highest BCUT2D eigenvalue weighted by Gasteiger charge is 2.15. The molecule has 7 nitrogen and oxygen atoms in total. The number of methoxy groups -OCH3 is 1. The van der Waals surface area contributed by atoms with Crippen molar-refractivity contribution in [1.82, 2.24) is 0 Å². The van der Waals surface area contributed by atoms with Crippen LogP contribution in [-0.4, -0.2) is 30.2 Å². The number of carbonyl (C=O) groups excluding carboxylic acids is 1. The first-order chi connectivity index (χ1) is 13.7. The Morgan fingerprint density at radius 1 is 1.24 bits per heavy atom. The summed E-state index contributed by atoms with van der Waals surface area (Å²) in [5.41, 5.74) is 0.765. The first kappa shape index (κ1) is 21.8. The third-order valence-corrected chi connectivity index (χ3v) is 3.95. The second kappa shape index (κ2) is 9.62. The predicted molar refractivity (Wildman–Crippen MR) is 109 cm³/mol. The van der Waals surface area contributed by atoms with E-state index in [9.17, 15) is 14.9 Å². The van der Waals surface area contributed by atoms with Gasteiger partial charge in [-0.25, -0.2) is 4.79 Å². The van der Waals surface area contributed by atoms with Crippen LogP contribution >= 0.6 is 11.6 Å². The molecule has 8 heteroatoms. The number of hydrogen-bond acceptors (Lipinski definition) is 5. The molecule has 0 aliphatic carbocycles. The molecule has 0 aliphatic heterocycles. The van der Waals surface area contributed by atoms with Crippen LogP contribution in [0.3, 0.4) is 0 Å². The number of carbonyl (C=O) groups is 2. The lowest BCUT2D eigenvalue weighted by atomic mass is 10.1. The molecule has 0 fully saturated rings. The lowest BCUT2D eigenvalue weighted by molar-refractivity contribution is -0.112. The Balaban J connectivity index is 2.28. The van der Waals surface area contributed by atoms with Gasteiger partial charge in [0.1, 0.15) is 11.6 Å². The number of halogens is 1. The second-order valence-corrected chi connectivity index (χ2v) is 6.61. The van der Waals surface area contributed by atoms with E-state index in [4.69, 9.17) is 26.2 Å². The quantitative estimate of drug-likeness (QED) is 0.514. The van der Waals surface area contributed by atoms with Gasteiger partial charge in [0.2, 0.25) is 0 Å². The fraction of sp³-hybridized carbons (Fsp3) is 0.190. The molecule has 150 valence electrons. The highest BCUT2D eigenvalue weighted by atomic mass is 35.5. The van der Waals surface area contributed by atoms with Gasteiger partial charge in [-0.1, -0.05) is 11.6 Å². The zero-order valence-corrected chi connectivity index (χ0v) is 16.8. The van der Waals surface area contributed by atoms with Crippen molar-refractivity contribution in [1.29, 1.82) is 5.26 Å². The minimum absolute atomic E-state index is 0.0875. The molecule has 0 spiro atoms. The summed E-state index contributed by atoms with van der Waals surface area (Å²) in [5, 5.41) is 21.1. The number of rotatable bonds is 7. The summed E-state index contributed by atoms with van der Waals surface area (Å²) in [6, 6.07) is 10.6. The Kier molecular flexibility index (Phi) is 7.23. The number of carboxylic acids is 1. The molecule has 0 aromatic heterocycles. The third kappa shape index (κ3) is 5.74. The maximum absolute atomic E-state index is 12.4. The van der Waals surface area contributed by atoms with Crippen molar-refractivity contribution in [2.45, 2.75) is 20.0 Å². The van der Waals surface area contributed by atoms with Crippen LogP contribution in [0.25, 0.3) is 6.08 Å². The summed E-state index contributed by atoms with van der Waals surface area (Å²) in [6.45, 7) is 3.70. The average Bonchev–Trinajstić information content (AvgIpc) is 2.67. The lowest BCUT2D eigenvalue weighted by Crippen LogP contribution is -2.13. The van der Waals surface area contributed by atoms with Crippen molar-refractivity contribution in [3.63, 3.8) is 0 Å². The third-order valence-electron chi connectivity index (χ3n) is 3.67. The normalized spacial score (nSPS) is 11.0. The molecule has 0 saturated heterocycles. The first-order valence-corrected chi connectivity index (χ1v) is 8.93. The fourth-order valence-corrected chi connectivity index (χ4v) is 2.65. The van der Waals surface area contributed by atoms with Gasteiger partial charge in [-0.2, -0.15) is 5.26 Å². The summed E-state index contributed by atoms with van der Waals surface area (Å²) < 4.78 is 10.9. The number of benzene rings is 2. The Bertz CT molecular complexity index is 991. The summed E-state index contributed by atoms with van der Waals surface area (Å²) in [6.07, 6.45) is 1.25. The number of nitriles is 1. The van der Waals surface area contributed by atoms with Crippen molar-refractivity contribution < 1.29 is 24.2 Å². The van der Waals surface area contributed by atoms with E-state index in [-0.39, 0.29) is 22.3 Å². The predicted octanol–water partition coefficient (Wildman–Crippen LogP) is 4.38. The van der Waals surface area contributed by atoms with E-state index in [0.717, 1.165) is 0 Å². The molecule has 2 aromatic carbocycles. The molecule has 2 N–H and O–H groups in total. The maximum atomic E-state index is 12.4. The largest absolute Gasteiger partial charge is 0.493 e. The monoisotopic (exact) mass is 414 g/mol. The van der Waals surface area contributed by atoms with E-state index in [1.807, 2.05) is 19.9 Å². The van der Waals surface area contributed by atoms with Crippen LogP contribution in [0.5, 0.6) is 11.5 Å². The van der Waals surface area contributed by atoms with Crippen LogP contribution in [0, 0.1) is 11.3 Å². The molecule has 1 amide bonds. The number of hydrogen-bond donors (Lipinski definition) is 2. The summed E-state index contributed by atoms with van der Waals surface area (Å²) in [5.74, 6) is -0.966. The molecule has 0 atom stereocenters. The highest BCUT2D eigenvalue weighted by Crippen LogP contribution is 2.37.